The van der Waals surface area contributed by atoms with Crippen molar-refractivity contribution in [3.63, 3.8) is 0 Å². The third-order valence-corrected chi connectivity index (χ3v) is 4.67. The van der Waals surface area contributed by atoms with Crippen LogP contribution in [0, 0.1) is 12.7 Å². The molecule has 0 radical (unpaired) electrons. The van der Waals surface area contributed by atoms with Crippen molar-refractivity contribution in [1.29, 1.82) is 0 Å². The average molecular weight is 471 g/mol. The van der Waals surface area contributed by atoms with Crippen LogP contribution in [0.3, 0.4) is 0 Å². The molecule has 0 fully saturated rings. The molecule has 11 heteroatoms. The van der Waals surface area contributed by atoms with Crippen LogP contribution >= 0.6 is 0 Å². The lowest BCUT2D eigenvalue weighted by molar-refractivity contribution is -0.119. The summed E-state index contributed by atoms with van der Waals surface area (Å²) in [6.45, 7) is -1.96. The molecule has 0 aliphatic heterocycles. The van der Waals surface area contributed by atoms with Gasteiger partial charge in [-0.2, -0.15) is 8.78 Å². The van der Waals surface area contributed by atoms with Gasteiger partial charge in [0.1, 0.15) is 11.6 Å². The van der Waals surface area contributed by atoms with Crippen molar-refractivity contribution in [3.05, 3.63) is 71.7 Å². The highest BCUT2D eigenvalue weighted by Gasteiger charge is 2.21. The highest BCUT2D eigenvalue weighted by atomic mass is 19.3. The molecular formula is C23H16F3N3O5. The van der Waals surface area contributed by atoms with Crippen molar-refractivity contribution in [1.82, 2.24) is 10.1 Å². The van der Waals surface area contributed by atoms with Gasteiger partial charge in [0.05, 0.1) is 22.3 Å². The van der Waals surface area contributed by atoms with Gasteiger partial charge in [0.2, 0.25) is 0 Å². The first kappa shape index (κ1) is 22.8. The van der Waals surface area contributed by atoms with Gasteiger partial charge in [-0.15, -0.1) is 0 Å². The second kappa shape index (κ2) is 9.61. The molecule has 2 aromatic carbocycles. The number of ether oxygens (including phenoxy) is 2. The molecule has 0 spiro atoms. The van der Waals surface area contributed by atoms with Crippen LogP contribution in [-0.4, -0.2) is 35.2 Å². The highest BCUT2D eigenvalue weighted by Crippen LogP contribution is 2.28. The number of nitrogens with one attached hydrogen (secondary N) is 1. The van der Waals surface area contributed by atoms with Crippen molar-refractivity contribution in [2.45, 2.75) is 13.5 Å². The van der Waals surface area contributed by atoms with Crippen LogP contribution in [0.1, 0.15) is 16.1 Å². The van der Waals surface area contributed by atoms with Crippen molar-refractivity contribution in [2.24, 2.45) is 0 Å². The van der Waals surface area contributed by atoms with Gasteiger partial charge in [-0.05, 0) is 61.5 Å². The molecule has 0 aliphatic rings. The molecule has 0 aliphatic carbocycles. The molecule has 174 valence electrons. The number of nitrogens with zero attached hydrogens (tertiary/aromatic N) is 2. The fourth-order valence-electron chi connectivity index (χ4n) is 3.15. The third kappa shape index (κ3) is 5.14. The zero-order valence-corrected chi connectivity index (χ0v) is 17.6. The lowest BCUT2D eigenvalue weighted by Crippen LogP contribution is -2.21. The molecule has 0 saturated carbocycles. The monoisotopic (exact) mass is 471 g/mol. The van der Waals surface area contributed by atoms with Gasteiger partial charge in [0.15, 0.2) is 6.61 Å². The second-order valence-electron chi connectivity index (χ2n) is 7.04. The number of esters is 1. The Morgan fingerprint density at radius 2 is 1.79 bits per heavy atom. The first-order chi connectivity index (χ1) is 16.3. The number of carbonyl (C=O) groups is 2. The molecule has 1 N–H and O–H groups in total. The summed E-state index contributed by atoms with van der Waals surface area (Å²) in [5.41, 5.74) is 1.71. The number of amides is 1. The molecule has 2 aromatic heterocycles. The van der Waals surface area contributed by atoms with E-state index in [1.54, 1.807) is 6.92 Å². The Morgan fingerprint density at radius 3 is 2.47 bits per heavy atom. The Kier molecular flexibility index (Phi) is 6.44. The van der Waals surface area contributed by atoms with E-state index in [0.717, 1.165) is 0 Å². The van der Waals surface area contributed by atoms with E-state index >= 15 is 0 Å². The Hall–Kier alpha value is -4.41. The molecule has 1 amide bonds. The summed E-state index contributed by atoms with van der Waals surface area (Å²) in [5.74, 6) is -1.97. The normalized spacial score (nSPS) is 11.0. The molecule has 0 unspecified atom stereocenters. The lowest BCUT2D eigenvalue weighted by Gasteiger charge is -2.09. The molecule has 4 rings (SSSR count). The molecular weight excluding hydrogens is 455 g/mol. The number of halogens is 3. The summed E-state index contributed by atoms with van der Waals surface area (Å²) >= 11 is 0. The average Bonchev–Trinajstić information content (AvgIpc) is 3.19. The van der Waals surface area contributed by atoms with E-state index in [1.807, 2.05) is 0 Å². The van der Waals surface area contributed by atoms with Gasteiger partial charge < -0.3 is 19.3 Å². The quantitative estimate of drug-likeness (QED) is 0.389. The summed E-state index contributed by atoms with van der Waals surface area (Å²) < 4.78 is 52.3. The van der Waals surface area contributed by atoms with Crippen LogP contribution in [0.4, 0.5) is 18.9 Å². The zero-order valence-electron chi connectivity index (χ0n) is 17.6. The first-order valence-corrected chi connectivity index (χ1v) is 9.85. The van der Waals surface area contributed by atoms with E-state index in [1.165, 1.54) is 54.6 Å². The van der Waals surface area contributed by atoms with Gasteiger partial charge in [0, 0.05) is 11.3 Å². The molecule has 2 heterocycles. The third-order valence-electron chi connectivity index (χ3n) is 4.67. The van der Waals surface area contributed by atoms with Crippen molar-refractivity contribution < 1.29 is 36.8 Å². The van der Waals surface area contributed by atoms with Gasteiger partial charge in [-0.25, -0.2) is 14.2 Å². The maximum atomic E-state index is 13.3. The predicted molar refractivity (Wildman–Crippen MR) is 114 cm³/mol. The van der Waals surface area contributed by atoms with Crippen molar-refractivity contribution in [3.8, 4) is 17.0 Å². The topological polar surface area (TPSA) is 104 Å². The number of aryl methyl sites for hydroxylation is 1. The van der Waals surface area contributed by atoms with E-state index in [9.17, 15) is 22.8 Å². The number of alkyl halides is 2. The lowest BCUT2D eigenvalue weighted by atomic mass is 10.1. The fourth-order valence-corrected chi connectivity index (χ4v) is 3.15. The summed E-state index contributed by atoms with van der Waals surface area (Å²) in [4.78, 5) is 29.3. The molecule has 0 bridgehead atoms. The summed E-state index contributed by atoms with van der Waals surface area (Å²) in [6.07, 6.45) is 0. The van der Waals surface area contributed by atoms with Gasteiger partial charge in [0.25, 0.3) is 11.6 Å². The smallest absolute Gasteiger partial charge is 0.387 e. The number of rotatable bonds is 7. The largest absolute Gasteiger partial charge is 0.452 e. The van der Waals surface area contributed by atoms with E-state index in [-0.39, 0.29) is 17.0 Å². The maximum absolute atomic E-state index is 13.3. The Morgan fingerprint density at radius 1 is 1.09 bits per heavy atom. The van der Waals surface area contributed by atoms with E-state index in [2.05, 4.69) is 20.2 Å². The number of fused-ring (bicyclic) bond motifs is 1. The SMILES string of the molecule is Cc1noc2nc(-c3ccc(F)cc3)cc(C(=O)OCC(=O)Nc3ccc(OC(F)F)cc3)c12. The van der Waals surface area contributed by atoms with E-state index < -0.39 is 30.9 Å². The Balaban J connectivity index is 1.48. The Labute approximate surface area is 190 Å². The van der Waals surface area contributed by atoms with Gasteiger partial charge in [-0.1, -0.05) is 5.16 Å². The standard InChI is InChI=1S/C23H16F3N3O5/c1-12-20-17(10-18(28-21(20)34-29-12)13-2-4-14(24)5-3-13)22(31)32-11-19(30)27-15-6-8-16(9-7-15)33-23(25)26/h2-10,23H,11H2,1H3,(H,27,30). The molecule has 0 atom stereocenters. The predicted octanol–water partition coefficient (Wildman–Crippen LogP) is 4.73. The number of pyridine rings is 1. The number of benzene rings is 2. The van der Waals surface area contributed by atoms with Crippen LogP contribution in [0.25, 0.3) is 22.4 Å². The number of carbonyl (C=O) groups excluding carboxylic acids is 2. The molecule has 8 nitrogen and oxygen atoms in total. The summed E-state index contributed by atoms with van der Waals surface area (Å²) in [5, 5.41) is 6.62. The van der Waals surface area contributed by atoms with Crippen LogP contribution in [-0.2, 0) is 9.53 Å². The minimum Gasteiger partial charge on any atom is -0.452 e. The second-order valence-corrected chi connectivity index (χ2v) is 7.04. The van der Waals surface area contributed by atoms with E-state index in [4.69, 9.17) is 9.26 Å². The summed E-state index contributed by atoms with van der Waals surface area (Å²) in [7, 11) is 0. The van der Waals surface area contributed by atoms with E-state index in [0.29, 0.717) is 28.0 Å². The van der Waals surface area contributed by atoms with Gasteiger partial charge in [-0.3, -0.25) is 4.79 Å². The minimum atomic E-state index is -2.96. The molecule has 34 heavy (non-hydrogen) atoms. The molecule has 4 aromatic rings. The van der Waals surface area contributed by atoms with Crippen molar-refractivity contribution in [2.75, 3.05) is 11.9 Å². The van der Waals surface area contributed by atoms with Crippen LogP contribution in [0.15, 0.2) is 59.1 Å². The number of anilines is 1. The van der Waals surface area contributed by atoms with Crippen LogP contribution in [0.2, 0.25) is 0 Å². The fraction of sp³-hybridized carbons (Fsp3) is 0.130. The number of hydrogen-bond donors (Lipinski definition) is 1. The van der Waals surface area contributed by atoms with Crippen LogP contribution in [0.5, 0.6) is 5.75 Å². The molecule has 0 saturated heterocycles. The zero-order chi connectivity index (χ0) is 24.2. The maximum Gasteiger partial charge on any atom is 0.387 e. The number of hydrogen-bond acceptors (Lipinski definition) is 7. The highest BCUT2D eigenvalue weighted by molar-refractivity contribution is 6.05. The first-order valence-electron chi connectivity index (χ1n) is 9.85. The number of aromatic nitrogens is 2. The van der Waals surface area contributed by atoms with Gasteiger partial charge >= 0.3 is 12.6 Å². The van der Waals surface area contributed by atoms with Crippen molar-refractivity contribution >= 4 is 28.7 Å². The van der Waals surface area contributed by atoms with Crippen LogP contribution < -0.4 is 10.1 Å². The summed E-state index contributed by atoms with van der Waals surface area (Å²) in [6, 6.07) is 12.2. The Bertz CT molecular complexity index is 1340. The minimum absolute atomic E-state index is 0.0674.